The molecule has 3 rings (SSSR count). The molecule has 1 heterocycles. The summed E-state index contributed by atoms with van der Waals surface area (Å²) in [6, 6.07) is 10.4. The monoisotopic (exact) mass is 286 g/mol. The zero-order valence-electron chi connectivity index (χ0n) is 13.4. The molecule has 3 nitrogen and oxygen atoms in total. The predicted molar refractivity (Wildman–Crippen MR) is 84.7 cm³/mol. The minimum atomic E-state index is -0.300. The van der Waals surface area contributed by atoms with Gasteiger partial charge in [-0.25, -0.2) is 0 Å². The van der Waals surface area contributed by atoms with Crippen molar-refractivity contribution in [2.75, 3.05) is 6.54 Å². The lowest BCUT2D eigenvalue weighted by molar-refractivity contribution is -0.134. The second kappa shape index (κ2) is 5.13. The minimum absolute atomic E-state index is 0.0241. The highest BCUT2D eigenvalue weighted by Gasteiger charge is 2.53. The summed E-state index contributed by atoms with van der Waals surface area (Å²) in [5.74, 6) is 0.309. The number of rotatable bonds is 2. The lowest BCUT2D eigenvalue weighted by Crippen LogP contribution is -2.44. The molecule has 1 aromatic carbocycles. The lowest BCUT2D eigenvalue weighted by Gasteiger charge is -2.31. The average molecular weight is 286 g/mol. The van der Waals surface area contributed by atoms with E-state index in [1.54, 1.807) is 0 Å². The molecule has 1 saturated heterocycles. The number of carbonyl (C=O) groups excluding carboxylic acids is 1. The fourth-order valence-corrected chi connectivity index (χ4v) is 3.70. The molecule has 0 bridgehead atoms. The number of carbonyl (C=O) groups is 1. The molecule has 1 N–H and O–H groups in total. The Morgan fingerprint density at radius 1 is 1.19 bits per heavy atom. The highest BCUT2D eigenvalue weighted by atomic mass is 16.2. The van der Waals surface area contributed by atoms with Crippen LogP contribution in [0.15, 0.2) is 30.3 Å². The van der Waals surface area contributed by atoms with Crippen LogP contribution in [0.25, 0.3) is 0 Å². The predicted octanol–water partition coefficient (Wildman–Crippen LogP) is 3.48. The lowest BCUT2D eigenvalue weighted by atomic mass is 9.94. The Bertz CT molecular complexity index is 512. The van der Waals surface area contributed by atoms with Crippen molar-refractivity contribution in [3.8, 4) is 0 Å². The van der Waals surface area contributed by atoms with E-state index >= 15 is 0 Å². The Hall–Kier alpha value is -1.35. The number of benzene rings is 1. The van der Waals surface area contributed by atoms with E-state index in [1.165, 1.54) is 5.56 Å². The largest absolute Gasteiger partial charge is 0.321 e. The second-order valence-corrected chi connectivity index (χ2v) is 7.74. The van der Waals surface area contributed by atoms with Gasteiger partial charge in [-0.3, -0.25) is 10.1 Å². The third-order valence-corrected chi connectivity index (χ3v) is 4.61. The van der Waals surface area contributed by atoms with Crippen LogP contribution in [0.1, 0.15) is 58.2 Å². The first kappa shape index (κ1) is 14.6. The number of nitrogens with zero attached hydrogens (tertiary/aromatic N) is 1. The zero-order valence-corrected chi connectivity index (χ0v) is 13.4. The van der Waals surface area contributed by atoms with Crippen molar-refractivity contribution in [1.29, 1.82) is 0 Å². The first-order valence-corrected chi connectivity index (χ1v) is 8.05. The maximum atomic E-state index is 13.1. The van der Waals surface area contributed by atoms with Crippen molar-refractivity contribution in [3.05, 3.63) is 35.9 Å². The zero-order chi connectivity index (χ0) is 15.1. The van der Waals surface area contributed by atoms with E-state index in [9.17, 15) is 4.79 Å². The Morgan fingerprint density at radius 2 is 1.81 bits per heavy atom. The third kappa shape index (κ3) is 2.71. The maximum Gasteiger partial charge on any atom is 0.244 e. The molecule has 0 radical (unpaired) electrons. The summed E-state index contributed by atoms with van der Waals surface area (Å²) in [4.78, 5) is 15.1. The Balaban J connectivity index is 1.94. The summed E-state index contributed by atoms with van der Waals surface area (Å²) in [5.41, 5.74) is 0.999. The van der Waals surface area contributed by atoms with Crippen molar-refractivity contribution in [3.63, 3.8) is 0 Å². The molecule has 1 aromatic rings. The first-order valence-electron chi connectivity index (χ1n) is 8.05. The van der Waals surface area contributed by atoms with Crippen LogP contribution in [0.5, 0.6) is 0 Å². The smallest absolute Gasteiger partial charge is 0.244 e. The third-order valence-electron chi connectivity index (χ3n) is 4.61. The Labute approximate surface area is 127 Å². The van der Waals surface area contributed by atoms with E-state index in [1.807, 2.05) is 6.07 Å². The van der Waals surface area contributed by atoms with Crippen LogP contribution in [0.3, 0.4) is 0 Å². The van der Waals surface area contributed by atoms with Gasteiger partial charge in [0, 0.05) is 6.54 Å². The molecule has 1 atom stereocenters. The summed E-state index contributed by atoms with van der Waals surface area (Å²) < 4.78 is 0. The molecule has 1 saturated carbocycles. The number of nitrogens with one attached hydrogen (secondary N) is 1. The Kier molecular flexibility index (Phi) is 3.56. The van der Waals surface area contributed by atoms with Crippen LogP contribution in [-0.4, -0.2) is 22.9 Å². The van der Waals surface area contributed by atoms with Gasteiger partial charge in [-0.1, -0.05) is 63.9 Å². The fourth-order valence-electron chi connectivity index (χ4n) is 3.70. The van der Waals surface area contributed by atoms with Crippen LogP contribution in [-0.2, 0) is 4.79 Å². The van der Waals surface area contributed by atoms with Crippen molar-refractivity contribution < 1.29 is 4.79 Å². The number of amides is 1. The topological polar surface area (TPSA) is 32.3 Å². The Morgan fingerprint density at radius 3 is 2.38 bits per heavy atom. The van der Waals surface area contributed by atoms with E-state index in [0.717, 1.165) is 32.2 Å². The van der Waals surface area contributed by atoms with E-state index < -0.39 is 0 Å². The SMILES string of the molecule is CC(C)(C)CN1C(=O)C2(CCCC2)NC1c1ccccc1. The normalized spacial score (nSPS) is 25.0. The molecule has 2 aliphatic rings. The van der Waals surface area contributed by atoms with Crippen LogP contribution in [0.2, 0.25) is 0 Å². The van der Waals surface area contributed by atoms with Gasteiger partial charge in [0.2, 0.25) is 5.91 Å². The highest BCUT2D eigenvalue weighted by molar-refractivity contribution is 5.89. The molecular weight excluding hydrogens is 260 g/mol. The van der Waals surface area contributed by atoms with Gasteiger partial charge in [0.15, 0.2) is 0 Å². The van der Waals surface area contributed by atoms with E-state index in [2.05, 4.69) is 55.3 Å². The van der Waals surface area contributed by atoms with Gasteiger partial charge in [0.1, 0.15) is 6.17 Å². The van der Waals surface area contributed by atoms with Crippen molar-refractivity contribution in [2.45, 2.75) is 58.2 Å². The van der Waals surface area contributed by atoms with Gasteiger partial charge in [-0.2, -0.15) is 0 Å². The minimum Gasteiger partial charge on any atom is -0.321 e. The number of hydrogen-bond acceptors (Lipinski definition) is 2. The van der Waals surface area contributed by atoms with Gasteiger partial charge >= 0.3 is 0 Å². The second-order valence-electron chi connectivity index (χ2n) is 7.74. The molecule has 2 fully saturated rings. The molecule has 1 unspecified atom stereocenters. The standard InChI is InChI=1S/C18H26N2O/c1-17(2,3)13-20-15(14-9-5-4-6-10-14)19-18(16(20)21)11-7-8-12-18/h4-6,9-10,15,19H,7-8,11-13H2,1-3H3. The fraction of sp³-hybridized carbons (Fsp3) is 0.611. The van der Waals surface area contributed by atoms with Gasteiger partial charge in [-0.15, -0.1) is 0 Å². The van der Waals surface area contributed by atoms with Crippen molar-refractivity contribution in [2.24, 2.45) is 5.41 Å². The molecular formula is C18H26N2O. The molecule has 1 aliphatic heterocycles. The van der Waals surface area contributed by atoms with E-state index in [-0.39, 0.29) is 17.1 Å². The van der Waals surface area contributed by atoms with Gasteiger partial charge in [0.05, 0.1) is 5.54 Å². The van der Waals surface area contributed by atoms with Gasteiger partial charge in [0.25, 0.3) is 0 Å². The molecule has 3 heteroatoms. The summed E-state index contributed by atoms with van der Waals surface area (Å²) >= 11 is 0. The van der Waals surface area contributed by atoms with Crippen molar-refractivity contribution in [1.82, 2.24) is 10.2 Å². The highest BCUT2D eigenvalue weighted by Crippen LogP contribution is 2.41. The first-order chi connectivity index (χ1) is 9.91. The molecule has 114 valence electrons. The molecule has 1 amide bonds. The van der Waals surface area contributed by atoms with E-state index in [0.29, 0.717) is 5.91 Å². The van der Waals surface area contributed by atoms with Crippen LogP contribution in [0.4, 0.5) is 0 Å². The summed E-state index contributed by atoms with van der Waals surface area (Å²) in [5, 5.41) is 3.68. The molecule has 1 aliphatic carbocycles. The summed E-state index contributed by atoms with van der Waals surface area (Å²) in [7, 11) is 0. The molecule has 0 aromatic heterocycles. The molecule has 21 heavy (non-hydrogen) atoms. The average Bonchev–Trinajstić information content (AvgIpc) is 3.00. The summed E-state index contributed by atoms with van der Waals surface area (Å²) in [6.45, 7) is 7.38. The van der Waals surface area contributed by atoms with Crippen molar-refractivity contribution >= 4 is 5.91 Å². The summed E-state index contributed by atoms with van der Waals surface area (Å²) in [6.07, 6.45) is 4.30. The van der Waals surface area contributed by atoms with Crippen LogP contribution in [0, 0.1) is 5.41 Å². The quantitative estimate of drug-likeness (QED) is 0.903. The van der Waals surface area contributed by atoms with Crippen LogP contribution >= 0.6 is 0 Å². The van der Waals surface area contributed by atoms with Gasteiger partial charge < -0.3 is 4.90 Å². The molecule has 1 spiro atoms. The maximum absolute atomic E-state index is 13.1. The van der Waals surface area contributed by atoms with Gasteiger partial charge in [-0.05, 0) is 23.8 Å². The number of hydrogen-bond donors (Lipinski definition) is 1. The van der Waals surface area contributed by atoms with E-state index in [4.69, 9.17) is 0 Å². The van der Waals surface area contributed by atoms with Crippen LogP contribution < -0.4 is 5.32 Å².